The van der Waals surface area contributed by atoms with Crippen molar-refractivity contribution >= 4 is 22.6 Å². The number of rotatable bonds is 7. The Morgan fingerprint density at radius 2 is 1.42 bits per heavy atom. The Bertz CT molecular complexity index is 868. The molecule has 1 fully saturated rings. The van der Waals surface area contributed by atoms with Gasteiger partial charge in [0.1, 0.15) is 6.10 Å². The van der Waals surface area contributed by atoms with Gasteiger partial charge in [0.05, 0.1) is 10.8 Å². The van der Waals surface area contributed by atoms with Gasteiger partial charge in [-0.15, -0.1) is 11.8 Å². The Balaban J connectivity index is 1.54. The lowest BCUT2D eigenvalue weighted by molar-refractivity contribution is 0.348. The van der Waals surface area contributed by atoms with Crippen LogP contribution in [0.5, 0.6) is 0 Å². The van der Waals surface area contributed by atoms with E-state index in [0.717, 1.165) is 22.6 Å². The van der Waals surface area contributed by atoms with E-state index in [1.807, 2.05) is 66.7 Å². The normalized spacial score (nSPS) is 22.7. The van der Waals surface area contributed by atoms with E-state index in [2.05, 4.69) is 24.3 Å². The van der Waals surface area contributed by atoms with Crippen molar-refractivity contribution in [2.75, 3.05) is 5.75 Å². The highest BCUT2D eigenvalue weighted by Gasteiger charge is 2.61. The Kier molecular flexibility index (Phi) is 5.25. The summed E-state index contributed by atoms with van der Waals surface area (Å²) in [5.41, 5.74) is 1.10. The molecular formula is C22H20O2S2. The van der Waals surface area contributed by atoms with Crippen LogP contribution in [-0.2, 0) is 15.5 Å². The highest BCUT2D eigenvalue weighted by Crippen LogP contribution is 2.56. The lowest BCUT2D eigenvalue weighted by atomic mass is 10.1. The zero-order chi connectivity index (χ0) is 17.8. The second kappa shape index (κ2) is 7.78. The minimum Gasteiger partial charge on any atom is -0.346 e. The van der Waals surface area contributed by atoms with Gasteiger partial charge in [-0.25, -0.2) is 0 Å². The first kappa shape index (κ1) is 17.5. The minimum absolute atomic E-state index is 0.110. The van der Waals surface area contributed by atoms with Crippen LogP contribution in [-0.4, -0.2) is 14.9 Å². The van der Waals surface area contributed by atoms with Gasteiger partial charge in [-0.3, -0.25) is 4.21 Å². The first-order chi connectivity index (χ1) is 12.8. The summed E-state index contributed by atoms with van der Waals surface area (Å²) >= 11 is 1.78. The third-order valence-electron chi connectivity index (χ3n) is 4.50. The van der Waals surface area contributed by atoms with Crippen molar-refractivity contribution in [3.05, 3.63) is 96.6 Å². The second-order valence-corrected chi connectivity index (χ2v) is 9.08. The third-order valence-corrected chi connectivity index (χ3v) is 7.35. The molecule has 2 nitrogen and oxygen atoms in total. The molecular weight excluding hydrogens is 360 g/mol. The van der Waals surface area contributed by atoms with Crippen molar-refractivity contribution < 1.29 is 8.95 Å². The molecule has 3 aromatic carbocycles. The number of hydrogen-bond acceptors (Lipinski definition) is 3. The summed E-state index contributed by atoms with van der Waals surface area (Å²) in [4.78, 5) is 1.42. The average molecular weight is 381 g/mol. The summed E-state index contributed by atoms with van der Waals surface area (Å²) in [6.07, 6.45) is 0.634. The summed E-state index contributed by atoms with van der Waals surface area (Å²) in [7, 11) is -1.21. The van der Waals surface area contributed by atoms with Gasteiger partial charge in [0.15, 0.2) is 4.93 Å². The van der Waals surface area contributed by atoms with Gasteiger partial charge in [-0.1, -0.05) is 66.7 Å². The van der Waals surface area contributed by atoms with Crippen molar-refractivity contribution in [2.45, 2.75) is 27.2 Å². The van der Waals surface area contributed by atoms with Gasteiger partial charge in [0.25, 0.3) is 0 Å². The van der Waals surface area contributed by atoms with Gasteiger partial charge < -0.3 is 4.74 Å². The lowest BCUT2D eigenvalue weighted by Gasteiger charge is -2.13. The maximum Gasteiger partial charge on any atom is 0.179 e. The molecule has 4 rings (SSSR count). The monoisotopic (exact) mass is 380 g/mol. The molecule has 1 heterocycles. The van der Waals surface area contributed by atoms with E-state index >= 15 is 0 Å². The van der Waals surface area contributed by atoms with Crippen molar-refractivity contribution in [3.63, 3.8) is 0 Å². The van der Waals surface area contributed by atoms with Crippen molar-refractivity contribution in [3.8, 4) is 0 Å². The van der Waals surface area contributed by atoms with Gasteiger partial charge in [-0.05, 0) is 29.8 Å². The molecule has 1 aliphatic rings. The third kappa shape index (κ3) is 3.63. The maximum atomic E-state index is 13.3. The van der Waals surface area contributed by atoms with Crippen LogP contribution in [0.4, 0.5) is 0 Å². The Morgan fingerprint density at radius 1 is 0.846 bits per heavy atom. The summed E-state index contributed by atoms with van der Waals surface area (Å²) < 4.78 is 19.5. The average Bonchev–Trinajstić information content (AvgIpc) is 3.45. The predicted molar refractivity (Wildman–Crippen MR) is 108 cm³/mol. The van der Waals surface area contributed by atoms with E-state index in [9.17, 15) is 4.21 Å². The van der Waals surface area contributed by atoms with Crippen LogP contribution in [0, 0.1) is 0 Å². The number of thioether (sulfide) groups is 1. The van der Waals surface area contributed by atoms with E-state index in [0.29, 0.717) is 0 Å². The van der Waals surface area contributed by atoms with E-state index < -0.39 is 15.7 Å². The first-order valence-electron chi connectivity index (χ1n) is 8.67. The maximum absolute atomic E-state index is 13.3. The van der Waals surface area contributed by atoms with Gasteiger partial charge in [0, 0.05) is 22.0 Å². The van der Waals surface area contributed by atoms with E-state index in [1.54, 1.807) is 11.8 Å². The lowest BCUT2D eigenvalue weighted by Crippen LogP contribution is -2.21. The number of benzene rings is 3. The molecule has 132 valence electrons. The van der Waals surface area contributed by atoms with Crippen molar-refractivity contribution in [1.82, 2.24) is 0 Å². The van der Waals surface area contributed by atoms with Crippen LogP contribution >= 0.6 is 11.8 Å². The van der Waals surface area contributed by atoms with Gasteiger partial charge in [0.2, 0.25) is 0 Å². The molecule has 0 aliphatic carbocycles. The summed E-state index contributed by atoms with van der Waals surface area (Å²) in [6.45, 7) is 0. The fraction of sp³-hybridized carbons (Fsp3) is 0.182. The smallest absolute Gasteiger partial charge is 0.179 e. The topological polar surface area (TPSA) is 29.6 Å². The minimum atomic E-state index is -1.21. The molecule has 0 N–H and O–H groups in total. The molecule has 0 amide bonds. The Morgan fingerprint density at radius 3 is 2.08 bits per heavy atom. The molecule has 3 atom stereocenters. The summed E-state index contributed by atoms with van der Waals surface area (Å²) in [5, 5.41) is 0. The highest BCUT2D eigenvalue weighted by molar-refractivity contribution is 7.99. The molecule has 3 unspecified atom stereocenters. The van der Waals surface area contributed by atoms with Crippen molar-refractivity contribution in [1.29, 1.82) is 0 Å². The molecule has 0 saturated carbocycles. The second-order valence-electron chi connectivity index (χ2n) is 6.21. The van der Waals surface area contributed by atoms with Crippen LogP contribution in [0.1, 0.15) is 18.1 Å². The van der Waals surface area contributed by atoms with Crippen LogP contribution < -0.4 is 0 Å². The van der Waals surface area contributed by atoms with E-state index in [1.165, 1.54) is 4.90 Å². The largest absolute Gasteiger partial charge is 0.346 e. The summed E-state index contributed by atoms with van der Waals surface area (Å²) in [6, 6.07) is 30.1. The first-order valence-corrected chi connectivity index (χ1v) is 10.8. The zero-order valence-electron chi connectivity index (χ0n) is 14.3. The fourth-order valence-corrected chi connectivity index (χ4v) is 5.84. The zero-order valence-corrected chi connectivity index (χ0v) is 15.9. The highest BCUT2D eigenvalue weighted by atomic mass is 32.2. The van der Waals surface area contributed by atoms with Crippen LogP contribution in [0.2, 0.25) is 0 Å². The SMILES string of the molecule is O=S(c1ccccc1)C1(CCSc2ccccc2)OC1c1ccccc1. The number of epoxide rings is 1. The van der Waals surface area contributed by atoms with E-state index in [-0.39, 0.29) is 6.10 Å². The standard InChI is InChI=1S/C22H20O2S2/c23-26(20-14-8-3-9-15-20)22(16-17-25-19-12-6-2-7-13-19)21(24-22)18-10-4-1-5-11-18/h1-15,21H,16-17H2. The quantitative estimate of drug-likeness (QED) is 0.403. The van der Waals surface area contributed by atoms with Crippen molar-refractivity contribution in [2.24, 2.45) is 0 Å². The van der Waals surface area contributed by atoms with Crippen LogP contribution in [0.15, 0.2) is 101 Å². The molecule has 1 saturated heterocycles. The molecule has 3 aromatic rings. The van der Waals surface area contributed by atoms with E-state index in [4.69, 9.17) is 4.74 Å². The molecule has 26 heavy (non-hydrogen) atoms. The van der Waals surface area contributed by atoms with Gasteiger partial charge >= 0.3 is 0 Å². The Labute approximate surface area is 161 Å². The molecule has 0 radical (unpaired) electrons. The molecule has 0 aromatic heterocycles. The van der Waals surface area contributed by atoms with Gasteiger partial charge in [-0.2, -0.15) is 0 Å². The predicted octanol–water partition coefficient (Wildman–Crippen LogP) is 5.44. The molecule has 0 bridgehead atoms. The molecule has 4 heteroatoms. The van der Waals surface area contributed by atoms with Crippen LogP contribution in [0.25, 0.3) is 0 Å². The Hall–Kier alpha value is -1.88. The number of hydrogen-bond donors (Lipinski definition) is 0. The molecule has 1 aliphatic heterocycles. The summed E-state index contributed by atoms with van der Waals surface area (Å²) in [5.74, 6) is 0.867. The van der Waals surface area contributed by atoms with Crippen LogP contribution in [0.3, 0.4) is 0 Å². The number of ether oxygens (including phenoxy) is 1. The molecule has 0 spiro atoms. The fourth-order valence-electron chi connectivity index (χ4n) is 3.11.